The van der Waals surface area contributed by atoms with Gasteiger partial charge in [-0.15, -0.1) is 0 Å². The summed E-state index contributed by atoms with van der Waals surface area (Å²) < 4.78 is 5.52. The SMILES string of the molecule is C=C(C)COc1cccc(C(=O)Nc2ccc(C(N)=O)cc2)c1. The molecule has 5 heteroatoms. The van der Waals surface area contributed by atoms with E-state index in [1.54, 1.807) is 48.5 Å². The zero-order valence-electron chi connectivity index (χ0n) is 12.8. The highest BCUT2D eigenvalue weighted by atomic mass is 16.5. The van der Waals surface area contributed by atoms with Crippen molar-refractivity contribution in [2.45, 2.75) is 6.92 Å². The van der Waals surface area contributed by atoms with Gasteiger partial charge in [0.15, 0.2) is 0 Å². The number of nitrogens with one attached hydrogen (secondary N) is 1. The summed E-state index contributed by atoms with van der Waals surface area (Å²) >= 11 is 0. The van der Waals surface area contributed by atoms with Gasteiger partial charge in [0.25, 0.3) is 5.91 Å². The number of nitrogens with two attached hydrogens (primary N) is 1. The Morgan fingerprint density at radius 2 is 1.83 bits per heavy atom. The van der Waals surface area contributed by atoms with Gasteiger partial charge < -0.3 is 15.8 Å². The maximum Gasteiger partial charge on any atom is 0.255 e. The Bertz CT molecular complexity index is 736. The molecular formula is C18H18N2O3. The van der Waals surface area contributed by atoms with Crippen LogP contribution >= 0.6 is 0 Å². The minimum atomic E-state index is -0.509. The van der Waals surface area contributed by atoms with Gasteiger partial charge in [0.2, 0.25) is 5.91 Å². The van der Waals surface area contributed by atoms with Crippen molar-refractivity contribution in [3.63, 3.8) is 0 Å². The lowest BCUT2D eigenvalue weighted by molar-refractivity contribution is 0.0998. The fourth-order valence-corrected chi connectivity index (χ4v) is 1.85. The number of anilines is 1. The van der Waals surface area contributed by atoms with Gasteiger partial charge in [0, 0.05) is 16.8 Å². The van der Waals surface area contributed by atoms with Crippen LogP contribution in [-0.2, 0) is 0 Å². The van der Waals surface area contributed by atoms with E-state index >= 15 is 0 Å². The van der Waals surface area contributed by atoms with E-state index in [9.17, 15) is 9.59 Å². The number of hydrogen-bond acceptors (Lipinski definition) is 3. The van der Waals surface area contributed by atoms with Gasteiger partial charge in [0.1, 0.15) is 12.4 Å². The predicted molar refractivity (Wildman–Crippen MR) is 89.7 cm³/mol. The predicted octanol–water partition coefficient (Wildman–Crippen LogP) is 2.99. The van der Waals surface area contributed by atoms with E-state index in [1.165, 1.54) is 0 Å². The fraction of sp³-hybridized carbons (Fsp3) is 0.111. The van der Waals surface area contributed by atoms with Crippen molar-refractivity contribution in [2.24, 2.45) is 5.73 Å². The smallest absolute Gasteiger partial charge is 0.255 e. The quantitative estimate of drug-likeness (QED) is 0.805. The Morgan fingerprint density at radius 1 is 1.13 bits per heavy atom. The third-order valence-corrected chi connectivity index (χ3v) is 3.01. The second-order valence-corrected chi connectivity index (χ2v) is 5.17. The molecule has 0 aliphatic rings. The van der Waals surface area contributed by atoms with E-state index in [0.717, 1.165) is 5.57 Å². The summed E-state index contributed by atoms with van der Waals surface area (Å²) in [5, 5.41) is 2.75. The second-order valence-electron chi connectivity index (χ2n) is 5.17. The number of rotatable bonds is 6. The Balaban J connectivity index is 2.06. The zero-order chi connectivity index (χ0) is 16.8. The van der Waals surface area contributed by atoms with Crippen molar-refractivity contribution < 1.29 is 14.3 Å². The van der Waals surface area contributed by atoms with Crippen LogP contribution in [0.5, 0.6) is 5.75 Å². The molecule has 0 aliphatic heterocycles. The lowest BCUT2D eigenvalue weighted by Gasteiger charge is -2.09. The summed E-state index contributed by atoms with van der Waals surface area (Å²) in [5.41, 5.74) is 7.51. The van der Waals surface area contributed by atoms with Crippen molar-refractivity contribution >= 4 is 17.5 Å². The average molecular weight is 310 g/mol. The molecule has 0 saturated carbocycles. The molecule has 0 bridgehead atoms. The molecule has 0 spiro atoms. The maximum absolute atomic E-state index is 12.2. The summed E-state index contributed by atoms with van der Waals surface area (Å²) in [4.78, 5) is 23.3. The van der Waals surface area contributed by atoms with Crippen molar-refractivity contribution in [1.82, 2.24) is 0 Å². The lowest BCUT2D eigenvalue weighted by Crippen LogP contribution is -2.13. The first-order valence-electron chi connectivity index (χ1n) is 7.04. The largest absolute Gasteiger partial charge is 0.489 e. The molecule has 5 nitrogen and oxygen atoms in total. The van der Waals surface area contributed by atoms with Crippen LogP contribution < -0.4 is 15.8 Å². The summed E-state index contributed by atoms with van der Waals surface area (Å²) in [6.07, 6.45) is 0. The Kier molecular flexibility index (Phi) is 5.15. The van der Waals surface area contributed by atoms with Crippen LogP contribution in [0.2, 0.25) is 0 Å². The summed E-state index contributed by atoms with van der Waals surface area (Å²) in [6.45, 7) is 6.04. The van der Waals surface area contributed by atoms with Gasteiger partial charge in [-0.05, 0) is 55.0 Å². The van der Waals surface area contributed by atoms with Crippen LogP contribution in [0.4, 0.5) is 5.69 Å². The van der Waals surface area contributed by atoms with Gasteiger partial charge >= 0.3 is 0 Å². The first kappa shape index (κ1) is 16.3. The van der Waals surface area contributed by atoms with Gasteiger partial charge in [0.05, 0.1) is 0 Å². The molecule has 0 fully saturated rings. The highest BCUT2D eigenvalue weighted by molar-refractivity contribution is 6.04. The van der Waals surface area contributed by atoms with Crippen LogP contribution in [0.1, 0.15) is 27.6 Å². The van der Waals surface area contributed by atoms with Crippen LogP contribution in [0, 0.1) is 0 Å². The van der Waals surface area contributed by atoms with E-state index in [2.05, 4.69) is 11.9 Å². The molecule has 3 N–H and O–H groups in total. The molecule has 2 aromatic carbocycles. The van der Waals surface area contributed by atoms with Crippen molar-refractivity contribution in [1.29, 1.82) is 0 Å². The van der Waals surface area contributed by atoms with Crippen LogP contribution in [-0.4, -0.2) is 18.4 Å². The normalized spacial score (nSPS) is 9.96. The third-order valence-electron chi connectivity index (χ3n) is 3.01. The number of benzene rings is 2. The zero-order valence-corrected chi connectivity index (χ0v) is 12.8. The third kappa shape index (κ3) is 4.71. The van der Waals surface area contributed by atoms with E-state index in [4.69, 9.17) is 10.5 Å². The summed E-state index contributed by atoms with van der Waals surface area (Å²) in [5.74, 6) is -0.174. The monoisotopic (exact) mass is 310 g/mol. The maximum atomic E-state index is 12.2. The van der Waals surface area contributed by atoms with Gasteiger partial charge in [-0.25, -0.2) is 0 Å². The van der Waals surface area contributed by atoms with Crippen LogP contribution in [0.15, 0.2) is 60.7 Å². The highest BCUT2D eigenvalue weighted by Crippen LogP contribution is 2.16. The molecule has 0 aliphatic carbocycles. The molecule has 2 aromatic rings. The molecule has 0 atom stereocenters. The molecule has 0 heterocycles. The summed E-state index contributed by atoms with van der Waals surface area (Å²) in [7, 11) is 0. The lowest BCUT2D eigenvalue weighted by atomic mass is 10.1. The molecule has 0 unspecified atom stereocenters. The molecule has 0 radical (unpaired) electrons. The van der Waals surface area contributed by atoms with Crippen molar-refractivity contribution in [3.8, 4) is 5.75 Å². The van der Waals surface area contributed by atoms with Gasteiger partial charge in [-0.2, -0.15) is 0 Å². The number of carbonyl (C=O) groups is 2. The van der Waals surface area contributed by atoms with E-state index in [0.29, 0.717) is 29.2 Å². The van der Waals surface area contributed by atoms with E-state index < -0.39 is 5.91 Å². The van der Waals surface area contributed by atoms with Crippen molar-refractivity contribution in [2.75, 3.05) is 11.9 Å². The number of ether oxygens (including phenoxy) is 1. The first-order valence-corrected chi connectivity index (χ1v) is 7.04. The molecular weight excluding hydrogens is 292 g/mol. The van der Waals surface area contributed by atoms with Gasteiger partial charge in [-0.3, -0.25) is 9.59 Å². The fourth-order valence-electron chi connectivity index (χ4n) is 1.85. The minimum Gasteiger partial charge on any atom is -0.489 e. The number of hydrogen-bond donors (Lipinski definition) is 2. The Morgan fingerprint density at radius 3 is 2.43 bits per heavy atom. The van der Waals surface area contributed by atoms with Crippen molar-refractivity contribution in [3.05, 3.63) is 71.8 Å². The average Bonchev–Trinajstić information content (AvgIpc) is 2.53. The minimum absolute atomic E-state index is 0.266. The molecule has 23 heavy (non-hydrogen) atoms. The van der Waals surface area contributed by atoms with Crippen LogP contribution in [0.3, 0.4) is 0 Å². The topological polar surface area (TPSA) is 81.4 Å². The number of primary amides is 1. The van der Waals surface area contributed by atoms with E-state index in [-0.39, 0.29) is 5.91 Å². The molecule has 0 saturated heterocycles. The van der Waals surface area contributed by atoms with Gasteiger partial charge in [-0.1, -0.05) is 12.6 Å². The van der Waals surface area contributed by atoms with Crippen LogP contribution in [0.25, 0.3) is 0 Å². The molecule has 0 aromatic heterocycles. The summed E-state index contributed by atoms with van der Waals surface area (Å²) in [6, 6.07) is 13.3. The standard InChI is InChI=1S/C18H18N2O3/c1-12(2)11-23-16-5-3-4-14(10-16)18(22)20-15-8-6-13(7-9-15)17(19)21/h3-10H,1,11H2,2H3,(H2,19,21)(H,20,22). The first-order chi connectivity index (χ1) is 11.0. The number of carbonyl (C=O) groups excluding carboxylic acids is 2. The molecule has 2 rings (SSSR count). The number of amides is 2. The molecule has 118 valence electrons. The Hall–Kier alpha value is -3.08. The second kappa shape index (κ2) is 7.26. The van der Waals surface area contributed by atoms with E-state index in [1.807, 2.05) is 6.92 Å². The Labute approximate surface area is 134 Å². The molecule has 2 amide bonds. The highest BCUT2D eigenvalue weighted by Gasteiger charge is 2.08.